The van der Waals surface area contributed by atoms with Crippen LogP contribution >= 0.6 is 0 Å². The van der Waals surface area contributed by atoms with Gasteiger partial charge in [0.1, 0.15) is 11.8 Å². The molecule has 2 rings (SSSR count). The summed E-state index contributed by atoms with van der Waals surface area (Å²) in [6, 6.07) is 8.84. The number of carbonyl (C=O) groups excluding carboxylic acids is 1. The first-order valence-electron chi connectivity index (χ1n) is 5.95. The van der Waals surface area contributed by atoms with Crippen LogP contribution in [0.1, 0.15) is 12.8 Å². The summed E-state index contributed by atoms with van der Waals surface area (Å²) in [5.41, 5.74) is 0.733. The predicted octanol–water partition coefficient (Wildman–Crippen LogP) is 2.22. The molecule has 0 aromatic heterocycles. The van der Waals surface area contributed by atoms with E-state index in [9.17, 15) is 4.79 Å². The van der Waals surface area contributed by atoms with Crippen LogP contribution in [0.25, 0.3) is 0 Å². The first kappa shape index (κ1) is 12.2. The number of likely N-dealkylation sites (tertiary alicyclic amines) is 1. The van der Waals surface area contributed by atoms with Gasteiger partial charge in [-0.3, -0.25) is 0 Å². The summed E-state index contributed by atoms with van der Waals surface area (Å²) in [4.78, 5) is 13.6. The van der Waals surface area contributed by atoms with Crippen molar-refractivity contribution < 1.29 is 9.53 Å². The number of carbonyl (C=O) groups is 1. The first-order valence-corrected chi connectivity index (χ1v) is 5.95. The van der Waals surface area contributed by atoms with Gasteiger partial charge in [0.2, 0.25) is 0 Å². The van der Waals surface area contributed by atoms with E-state index in [0.29, 0.717) is 5.75 Å². The number of amides is 2. The van der Waals surface area contributed by atoms with Crippen LogP contribution in [0.15, 0.2) is 24.3 Å². The van der Waals surface area contributed by atoms with Gasteiger partial charge in [-0.15, -0.1) is 0 Å². The SMILES string of the molecule is N#CCOc1ccc(NC(=O)N2CCCC2)cc1. The highest BCUT2D eigenvalue weighted by Crippen LogP contribution is 2.17. The average Bonchev–Trinajstić information content (AvgIpc) is 2.92. The van der Waals surface area contributed by atoms with E-state index < -0.39 is 0 Å². The van der Waals surface area contributed by atoms with E-state index in [1.807, 2.05) is 6.07 Å². The summed E-state index contributed by atoms with van der Waals surface area (Å²) in [6.45, 7) is 1.68. The van der Waals surface area contributed by atoms with Crippen molar-refractivity contribution in [1.29, 1.82) is 5.26 Å². The van der Waals surface area contributed by atoms with Crippen molar-refractivity contribution in [2.45, 2.75) is 12.8 Å². The molecule has 5 nitrogen and oxygen atoms in total. The molecule has 1 N–H and O–H groups in total. The zero-order valence-electron chi connectivity index (χ0n) is 10.1. The molecule has 1 aliphatic rings. The van der Waals surface area contributed by atoms with Crippen molar-refractivity contribution in [3.05, 3.63) is 24.3 Å². The molecule has 1 heterocycles. The Morgan fingerprint density at radius 1 is 1.33 bits per heavy atom. The van der Waals surface area contributed by atoms with Gasteiger partial charge in [-0.1, -0.05) is 0 Å². The quantitative estimate of drug-likeness (QED) is 0.887. The van der Waals surface area contributed by atoms with Gasteiger partial charge < -0.3 is 15.0 Å². The Morgan fingerprint density at radius 3 is 2.61 bits per heavy atom. The second-order valence-corrected chi connectivity index (χ2v) is 4.10. The molecule has 18 heavy (non-hydrogen) atoms. The van der Waals surface area contributed by atoms with E-state index in [0.717, 1.165) is 31.6 Å². The average molecular weight is 245 g/mol. The summed E-state index contributed by atoms with van der Waals surface area (Å²) in [7, 11) is 0. The molecule has 2 amide bonds. The van der Waals surface area contributed by atoms with Gasteiger partial charge in [0.05, 0.1) is 0 Å². The van der Waals surface area contributed by atoms with Crippen LogP contribution in [-0.4, -0.2) is 30.6 Å². The third-order valence-electron chi connectivity index (χ3n) is 2.80. The number of anilines is 1. The number of nitrogens with zero attached hydrogens (tertiary/aromatic N) is 2. The summed E-state index contributed by atoms with van der Waals surface area (Å²) in [6.07, 6.45) is 2.16. The number of ether oxygens (including phenoxy) is 1. The third kappa shape index (κ3) is 3.14. The molecule has 1 aliphatic heterocycles. The standard InChI is InChI=1S/C13H15N3O2/c14-7-10-18-12-5-3-11(4-6-12)15-13(17)16-8-1-2-9-16/h3-6H,1-2,8-10H2,(H,15,17). The zero-order chi connectivity index (χ0) is 12.8. The highest BCUT2D eigenvalue weighted by molar-refractivity contribution is 5.89. The largest absolute Gasteiger partial charge is 0.479 e. The van der Waals surface area contributed by atoms with E-state index in [2.05, 4.69) is 5.32 Å². The van der Waals surface area contributed by atoms with Gasteiger partial charge >= 0.3 is 6.03 Å². The molecule has 1 aromatic rings. The molecule has 5 heteroatoms. The van der Waals surface area contributed by atoms with E-state index in [4.69, 9.17) is 10.00 Å². The molecule has 94 valence electrons. The Balaban J connectivity index is 1.89. The van der Waals surface area contributed by atoms with Crippen LogP contribution in [0, 0.1) is 11.3 Å². The fourth-order valence-electron chi connectivity index (χ4n) is 1.87. The second-order valence-electron chi connectivity index (χ2n) is 4.10. The van der Waals surface area contributed by atoms with Crippen molar-refractivity contribution in [2.75, 3.05) is 25.0 Å². The molecular formula is C13H15N3O2. The Bertz CT molecular complexity index is 444. The number of benzene rings is 1. The van der Waals surface area contributed by atoms with Crippen LogP contribution in [0.4, 0.5) is 10.5 Å². The second kappa shape index (κ2) is 5.92. The van der Waals surface area contributed by atoms with Gasteiger partial charge in [-0.25, -0.2) is 4.79 Å². The van der Waals surface area contributed by atoms with Crippen molar-refractivity contribution in [1.82, 2.24) is 4.90 Å². The molecule has 0 bridgehead atoms. The lowest BCUT2D eigenvalue weighted by Gasteiger charge is -2.16. The lowest BCUT2D eigenvalue weighted by molar-refractivity contribution is 0.222. The maximum Gasteiger partial charge on any atom is 0.321 e. The van der Waals surface area contributed by atoms with E-state index >= 15 is 0 Å². The van der Waals surface area contributed by atoms with Gasteiger partial charge in [0.25, 0.3) is 0 Å². The smallest absolute Gasteiger partial charge is 0.321 e. The van der Waals surface area contributed by atoms with Crippen molar-refractivity contribution in [2.24, 2.45) is 0 Å². The molecular weight excluding hydrogens is 230 g/mol. The normalized spacial score (nSPS) is 14.1. The summed E-state index contributed by atoms with van der Waals surface area (Å²) in [5.74, 6) is 0.621. The number of hydrogen-bond donors (Lipinski definition) is 1. The van der Waals surface area contributed by atoms with Crippen LogP contribution in [0.3, 0.4) is 0 Å². The molecule has 1 aromatic carbocycles. The van der Waals surface area contributed by atoms with Crippen molar-refractivity contribution in [3.8, 4) is 11.8 Å². The summed E-state index contributed by atoms with van der Waals surface area (Å²) in [5, 5.41) is 11.2. The van der Waals surface area contributed by atoms with Gasteiger partial charge in [0, 0.05) is 18.8 Å². The van der Waals surface area contributed by atoms with Crippen LogP contribution in [-0.2, 0) is 0 Å². The number of rotatable bonds is 3. The lowest BCUT2D eigenvalue weighted by Crippen LogP contribution is -2.32. The Hall–Kier alpha value is -2.22. The Morgan fingerprint density at radius 2 is 2.00 bits per heavy atom. The van der Waals surface area contributed by atoms with E-state index in [1.165, 1.54) is 0 Å². The molecule has 0 aliphatic carbocycles. The molecule has 0 radical (unpaired) electrons. The highest BCUT2D eigenvalue weighted by atomic mass is 16.5. The minimum Gasteiger partial charge on any atom is -0.479 e. The highest BCUT2D eigenvalue weighted by Gasteiger charge is 2.17. The zero-order valence-corrected chi connectivity index (χ0v) is 10.1. The minimum atomic E-state index is -0.0572. The van der Waals surface area contributed by atoms with Gasteiger partial charge in [-0.05, 0) is 37.1 Å². The molecule has 0 spiro atoms. The number of hydrogen-bond acceptors (Lipinski definition) is 3. The Kier molecular flexibility index (Phi) is 4.02. The lowest BCUT2D eigenvalue weighted by atomic mass is 10.3. The van der Waals surface area contributed by atoms with Gasteiger partial charge in [-0.2, -0.15) is 5.26 Å². The fourth-order valence-corrected chi connectivity index (χ4v) is 1.87. The maximum atomic E-state index is 11.8. The summed E-state index contributed by atoms with van der Waals surface area (Å²) < 4.78 is 5.13. The third-order valence-corrected chi connectivity index (χ3v) is 2.80. The fraction of sp³-hybridized carbons (Fsp3) is 0.385. The molecule has 0 saturated carbocycles. The molecule has 0 atom stereocenters. The number of urea groups is 1. The van der Waals surface area contributed by atoms with Crippen molar-refractivity contribution in [3.63, 3.8) is 0 Å². The molecule has 0 unspecified atom stereocenters. The molecule has 1 saturated heterocycles. The van der Waals surface area contributed by atoms with E-state index in [1.54, 1.807) is 29.2 Å². The number of nitriles is 1. The summed E-state index contributed by atoms with van der Waals surface area (Å²) >= 11 is 0. The maximum absolute atomic E-state index is 11.8. The van der Waals surface area contributed by atoms with Crippen LogP contribution < -0.4 is 10.1 Å². The monoisotopic (exact) mass is 245 g/mol. The van der Waals surface area contributed by atoms with Crippen molar-refractivity contribution >= 4 is 11.7 Å². The van der Waals surface area contributed by atoms with Gasteiger partial charge in [0.15, 0.2) is 6.61 Å². The topological polar surface area (TPSA) is 65.4 Å². The first-order chi connectivity index (χ1) is 8.79. The molecule has 1 fully saturated rings. The van der Waals surface area contributed by atoms with E-state index in [-0.39, 0.29) is 12.6 Å². The number of nitrogens with one attached hydrogen (secondary N) is 1. The van der Waals surface area contributed by atoms with Crippen LogP contribution in [0.2, 0.25) is 0 Å². The Labute approximate surface area is 106 Å². The minimum absolute atomic E-state index is 0.0273. The predicted molar refractivity (Wildman–Crippen MR) is 67.4 cm³/mol. The van der Waals surface area contributed by atoms with Crippen LogP contribution in [0.5, 0.6) is 5.75 Å².